The Bertz CT molecular complexity index is 542. The highest BCUT2D eigenvalue weighted by molar-refractivity contribution is 6.43. The van der Waals surface area contributed by atoms with Crippen LogP contribution in [0.2, 0.25) is 0 Å². The van der Waals surface area contributed by atoms with Gasteiger partial charge >= 0.3 is 0 Å². The van der Waals surface area contributed by atoms with Crippen LogP contribution >= 0.6 is 11.6 Å². The maximum absolute atomic E-state index is 14.1. The molecule has 1 aromatic heterocycles. The number of allylic oxidation sites excluding steroid dienone is 1. The number of morpholine rings is 1. The number of hydrogen-bond donors (Lipinski definition) is 3. The quantitative estimate of drug-likeness (QED) is 0.583. The molecule has 0 radical (unpaired) electrons. The summed E-state index contributed by atoms with van der Waals surface area (Å²) in [4.78, 5) is 4.19. The van der Waals surface area contributed by atoms with Crippen LogP contribution in [0.3, 0.4) is 0 Å². The van der Waals surface area contributed by atoms with Crippen molar-refractivity contribution in [1.29, 1.82) is 5.41 Å². The molecule has 2 heterocycles. The normalized spacial score (nSPS) is 19.9. The summed E-state index contributed by atoms with van der Waals surface area (Å²) in [7, 11) is 0. The van der Waals surface area contributed by atoms with Crippen LogP contribution in [0.1, 0.15) is 18.7 Å². The molecule has 6 nitrogen and oxygen atoms in total. The van der Waals surface area contributed by atoms with Crippen molar-refractivity contribution in [3.05, 3.63) is 34.9 Å². The predicted octanol–water partition coefficient (Wildman–Crippen LogP) is 1.84. The molecule has 1 unspecified atom stereocenters. The Labute approximate surface area is 127 Å². The molecule has 1 saturated heterocycles. The van der Waals surface area contributed by atoms with Gasteiger partial charge in [0, 0.05) is 13.1 Å². The number of anilines is 1. The monoisotopic (exact) mass is 313 g/mol. The topological polar surface area (TPSA) is 87.3 Å². The van der Waals surface area contributed by atoms with Crippen LogP contribution in [0.5, 0.6) is 0 Å². The van der Waals surface area contributed by atoms with Crippen LogP contribution in [0, 0.1) is 5.41 Å². The Morgan fingerprint density at radius 1 is 1.62 bits per heavy atom. The van der Waals surface area contributed by atoms with Gasteiger partial charge < -0.3 is 21.2 Å². The van der Waals surface area contributed by atoms with E-state index in [1.807, 2.05) is 0 Å². The molecule has 0 bridgehead atoms. The van der Waals surface area contributed by atoms with Crippen molar-refractivity contribution in [1.82, 2.24) is 10.3 Å². The second-order valence-corrected chi connectivity index (χ2v) is 4.99. The van der Waals surface area contributed by atoms with Crippen molar-refractivity contribution in [3.8, 4) is 0 Å². The van der Waals surface area contributed by atoms with Crippen LogP contribution in [-0.2, 0) is 4.74 Å². The van der Waals surface area contributed by atoms with Gasteiger partial charge in [0.25, 0.3) is 0 Å². The number of hydrogen-bond acceptors (Lipinski definition) is 6. The zero-order valence-corrected chi connectivity index (χ0v) is 12.3. The number of ether oxygens (including phenoxy) is 1. The molecule has 0 saturated carbocycles. The first-order chi connectivity index (χ1) is 10.0. The summed E-state index contributed by atoms with van der Waals surface area (Å²) in [6.07, 6.45) is 1.21. The standard InChI is InChI=1S/C13H17ClFN5O/c1-8(16)12(14)13(17)20(15)9-2-3-10(19-6-9)11-7-18-4-5-21-11/h2-3,6,11,16,18H,4-5,7,17H2,1H3/b13-12-,16-8?. The van der Waals surface area contributed by atoms with Gasteiger partial charge in [-0.3, -0.25) is 4.98 Å². The molecule has 4 N–H and O–H groups in total. The number of halogens is 2. The van der Waals surface area contributed by atoms with E-state index in [0.29, 0.717) is 13.2 Å². The van der Waals surface area contributed by atoms with Crippen molar-refractivity contribution in [2.45, 2.75) is 13.0 Å². The molecule has 114 valence electrons. The summed E-state index contributed by atoms with van der Waals surface area (Å²) in [5.74, 6) is -0.339. The Hall–Kier alpha value is -1.70. The van der Waals surface area contributed by atoms with Crippen LogP contribution < -0.4 is 16.2 Å². The predicted molar refractivity (Wildman–Crippen MR) is 79.9 cm³/mol. The molecule has 2 rings (SSSR count). The summed E-state index contributed by atoms with van der Waals surface area (Å²) in [5.41, 5.74) is 6.42. The lowest BCUT2D eigenvalue weighted by atomic mass is 10.2. The number of nitrogens with two attached hydrogens (primary N) is 1. The molecule has 0 spiro atoms. The van der Waals surface area contributed by atoms with Gasteiger partial charge in [0.2, 0.25) is 0 Å². The van der Waals surface area contributed by atoms with Gasteiger partial charge in [-0.2, -0.15) is 5.12 Å². The van der Waals surface area contributed by atoms with E-state index in [1.54, 1.807) is 6.07 Å². The number of nitrogens with one attached hydrogen (secondary N) is 2. The van der Waals surface area contributed by atoms with E-state index in [2.05, 4.69) is 10.3 Å². The minimum atomic E-state index is -0.339. The second-order valence-electron chi connectivity index (χ2n) is 4.61. The lowest BCUT2D eigenvalue weighted by Crippen LogP contribution is -2.33. The lowest BCUT2D eigenvalue weighted by Gasteiger charge is -2.23. The van der Waals surface area contributed by atoms with E-state index < -0.39 is 0 Å². The van der Waals surface area contributed by atoms with Gasteiger partial charge in [-0.15, -0.1) is 0 Å². The average molecular weight is 314 g/mol. The zero-order valence-electron chi connectivity index (χ0n) is 11.6. The third kappa shape index (κ3) is 3.69. The summed E-state index contributed by atoms with van der Waals surface area (Å²) >= 11 is 5.76. The molecule has 8 heteroatoms. The van der Waals surface area contributed by atoms with Crippen molar-refractivity contribution in [3.63, 3.8) is 0 Å². The largest absolute Gasteiger partial charge is 0.382 e. The first kappa shape index (κ1) is 15.7. The van der Waals surface area contributed by atoms with Gasteiger partial charge in [0.15, 0.2) is 5.82 Å². The molecule has 0 aliphatic carbocycles. The number of rotatable bonds is 4. The number of pyridine rings is 1. The van der Waals surface area contributed by atoms with Gasteiger partial charge in [0.05, 0.1) is 29.9 Å². The third-order valence-electron chi connectivity index (χ3n) is 3.02. The van der Waals surface area contributed by atoms with Crippen molar-refractivity contribution in [2.75, 3.05) is 24.8 Å². The van der Waals surface area contributed by atoms with E-state index in [9.17, 15) is 4.48 Å². The molecule has 1 atom stereocenters. The molecule has 0 aromatic carbocycles. The highest BCUT2D eigenvalue weighted by atomic mass is 35.5. The Balaban J connectivity index is 2.14. The van der Waals surface area contributed by atoms with Crippen LogP contribution in [0.15, 0.2) is 29.2 Å². The lowest BCUT2D eigenvalue weighted by molar-refractivity contribution is 0.0250. The van der Waals surface area contributed by atoms with Gasteiger partial charge in [0.1, 0.15) is 11.1 Å². The van der Waals surface area contributed by atoms with Crippen LogP contribution in [-0.4, -0.2) is 30.4 Å². The maximum atomic E-state index is 14.1. The van der Waals surface area contributed by atoms with Crippen LogP contribution in [0.4, 0.5) is 10.2 Å². The average Bonchev–Trinajstić information content (AvgIpc) is 2.53. The molecular formula is C13H17ClFN5O. The van der Waals surface area contributed by atoms with Crippen LogP contribution in [0.25, 0.3) is 0 Å². The molecule has 0 amide bonds. The van der Waals surface area contributed by atoms with Gasteiger partial charge in [-0.1, -0.05) is 16.1 Å². The van der Waals surface area contributed by atoms with E-state index in [-0.39, 0.29) is 33.5 Å². The molecule has 1 fully saturated rings. The van der Waals surface area contributed by atoms with E-state index in [1.165, 1.54) is 19.2 Å². The summed E-state index contributed by atoms with van der Waals surface area (Å²) < 4.78 is 19.7. The second kappa shape index (κ2) is 6.84. The molecule has 1 aliphatic rings. The Morgan fingerprint density at radius 2 is 2.38 bits per heavy atom. The Morgan fingerprint density at radius 3 is 2.90 bits per heavy atom. The van der Waals surface area contributed by atoms with E-state index in [4.69, 9.17) is 27.5 Å². The SMILES string of the molecule is CC(=N)/C(Cl)=C(\N)N(F)c1ccc(C2CNCCO2)nc1. The molecular weight excluding hydrogens is 297 g/mol. The highest BCUT2D eigenvalue weighted by Gasteiger charge is 2.18. The van der Waals surface area contributed by atoms with E-state index in [0.717, 1.165) is 12.2 Å². The Kier molecular flexibility index (Phi) is 5.11. The fraction of sp³-hybridized carbons (Fsp3) is 0.385. The van der Waals surface area contributed by atoms with Crippen molar-refractivity contribution >= 4 is 23.0 Å². The molecule has 1 aliphatic heterocycles. The maximum Gasteiger partial charge on any atom is 0.155 e. The van der Waals surface area contributed by atoms with Crippen molar-refractivity contribution in [2.24, 2.45) is 5.73 Å². The number of nitrogens with zero attached hydrogens (tertiary/aromatic N) is 2. The first-order valence-corrected chi connectivity index (χ1v) is 6.83. The van der Waals surface area contributed by atoms with Gasteiger partial charge in [-0.05, 0) is 19.1 Å². The van der Waals surface area contributed by atoms with Gasteiger partial charge in [-0.25, -0.2) is 0 Å². The highest BCUT2D eigenvalue weighted by Crippen LogP contribution is 2.23. The van der Waals surface area contributed by atoms with E-state index >= 15 is 0 Å². The first-order valence-electron chi connectivity index (χ1n) is 6.45. The smallest absolute Gasteiger partial charge is 0.155 e. The summed E-state index contributed by atoms with van der Waals surface area (Å²) in [6.45, 7) is 3.53. The fourth-order valence-electron chi connectivity index (χ4n) is 1.88. The minimum absolute atomic E-state index is 0.0110. The molecule has 21 heavy (non-hydrogen) atoms. The summed E-state index contributed by atoms with van der Waals surface area (Å²) in [6, 6.07) is 3.22. The minimum Gasteiger partial charge on any atom is -0.382 e. The third-order valence-corrected chi connectivity index (χ3v) is 3.50. The molecule has 1 aromatic rings. The zero-order chi connectivity index (χ0) is 15.4. The van der Waals surface area contributed by atoms with Crippen molar-refractivity contribution < 1.29 is 9.22 Å². The summed E-state index contributed by atoms with van der Waals surface area (Å²) in [5, 5.41) is 10.6. The number of aromatic nitrogens is 1. The fourth-order valence-corrected chi connectivity index (χ4v) is 1.95.